The molecular weight excluding hydrogens is 342 g/mol. The maximum Gasteiger partial charge on any atom is 0.254 e. The smallest absolute Gasteiger partial charge is 0.254 e. The van der Waals surface area contributed by atoms with Crippen molar-refractivity contribution < 1.29 is 14.4 Å². The van der Waals surface area contributed by atoms with Crippen molar-refractivity contribution in [2.75, 3.05) is 24.2 Å². The molecule has 0 unspecified atom stereocenters. The van der Waals surface area contributed by atoms with Crippen LogP contribution in [0.15, 0.2) is 48.5 Å². The van der Waals surface area contributed by atoms with Crippen LogP contribution < -0.4 is 10.6 Å². The molecule has 0 fully saturated rings. The Morgan fingerprint density at radius 2 is 1.64 bits per heavy atom. The van der Waals surface area contributed by atoms with E-state index in [0.29, 0.717) is 22.0 Å². The highest BCUT2D eigenvalue weighted by molar-refractivity contribution is 6.33. The second-order valence-corrected chi connectivity index (χ2v) is 5.85. The van der Waals surface area contributed by atoms with Crippen molar-refractivity contribution in [2.45, 2.75) is 6.92 Å². The van der Waals surface area contributed by atoms with Crippen molar-refractivity contribution in [2.24, 2.45) is 0 Å². The van der Waals surface area contributed by atoms with Gasteiger partial charge >= 0.3 is 0 Å². The van der Waals surface area contributed by atoms with E-state index in [0.717, 1.165) is 0 Å². The highest BCUT2D eigenvalue weighted by Gasteiger charge is 2.15. The lowest BCUT2D eigenvalue weighted by Gasteiger charge is -2.17. The van der Waals surface area contributed by atoms with Crippen LogP contribution in [0, 0.1) is 0 Å². The first-order valence-corrected chi connectivity index (χ1v) is 7.92. The molecule has 2 aromatic rings. The van der Waals surface area contributed by atoms with Crippen LogP contribution in [0.25, 0.3) is 0 Å². The van der Waals surface area contributed by atoms with Crippen molar-refractivity contribution in [3.8, 4) is 0 Å². The van der Waals surface area contributed by atoms with Crippen LogP contribution in [0.2, 0.25) is 5.02 Å². The van der Waals surface area contributed by atoms with Gasteiger partial charge in [-0.3, -0.25) is 14.4 Å². The van der Waals surface area contributed by atoms with Crippen molar-refractivity contribution in [1.29, 1.82) is 0 Å². The third-order valence-electron chi connectivity index (χ3n) is 3.33. The van der Waals surface area contributed by atoms with Gasteiger partial charge in [0.25, 0.3) is 5.91 Å². The fraction of sp³-hybridized carbons (Fsp3) is 0.167. The molecule has 0 aliphatic heterocycles. The Hall–Kier alpha value is -2.86. The zero-order valence-corrected chi connectivity index (χ0v) is 14.6. The van der Waals surface area contributed by atoms with E-state index in [-0.39, 0.29) is 24.3 Å². The Balaban J connectivity index is 1.96. The van der Waals surface area contributed by atoms with Gasteiger partial charge in [0.2, 0.25) is 11.8 Å². The van der Waals surface area contributed by atoms with E-state index in [4.69, 9.17) is 11.6 Å². The molecule has 0 heterocycles. The molecule has 6 nitrogen and oxygen atoms in total. The largest absolute Gasteiger partial charge is 0.332 e. The summed E-state index contributed by atoms with van der Waals surface area (Å²) in [6.07, 6.45) is 0. The quantitative estimate of drug-likeness (QED) is 0.861. The summed E-state index contributed by atoms with van der Waals surface area (Å²) in [6.45, 7) is 1.29. The summed E-state index contributed by atoms with van der Waals surface area (Å²) in [4.78, 5) is 36.7. The predicted octanol–water partition coefficient (Wildman–Crippen LogP) is 3.01. The standard InChI is InChI=1S/C18H18ClN3O3/c1-12(23)20-14-9-7-13(8-10-14)18(25)22(2)11-17(24)21-16-6-4-3-5-15(16)19/h3-10H,11H2,1-2H3,(H,20,23)(H,21,24). The molecule has 0 atom stereocenters. The van der Waals surface area contributed by atoms with E-state index in [9.17, 15) is 14.4 Å². The van der Waals surface area contributed by atoms with Gasteiger partial charge in [-0.05, 0) is 36.4 Å². The number of nitrogens with one attached hydrogen (secondary N) is 2. The van der Waals surface area contributed by atoms with Gasteiger partial charge in [0, 0.05) is 25.2 Å². The number of halogens is 1. The molecule has 130 valence electrons. The van der Waals surface area contributed by atoms with Gasteiger partial charge in [0.05, 0.1) is 17.3 Å². The lowest BCUT2D eigenvalue weighted by Crippen LogP contribution is -2.35. The molecule has 0 spiro atoms. The zero-order valence-electron chi connectivity index (χ0n) is 13.9. The number of rotatable bonds is 5. The summed E-state index contributed by atoms with van der Waals surface area (Å²) in [5.41, 5.74) is 1.51. The summed E-state index contributed by atoms with van der Waals surface area (Å²) in [7, 11) is 1.54. The fourth-order valence-electron chi connectivity index (χ4n) is 2.16. The highest BCUT2D eigenvalue weighted by Crippen LogP contribution is 2.20. The number of benzene rings is 2. The number of anilines is 2. The normalized spacial score (nSPS) is 10.0. The summed E-state index contributed by atoms with van der Waals surface area (Å²) in [5.74, 6) is -0.838. The van der Waals surface area contributed by atoms with Crippen molar-refractivity contribution >= 4 is 40.7 Å². The molecule has 0 saturated carbocycles. The summed E-state index contributed by atoms with van der Waals surface area (Å²) in [6, 6.07) is 13.3. The molecular formula is C18H18ClN3O3. The molecule has 25 heavy (non-hydrogen) atoms. The maximum absolute atomic E-state index is 12.4. The van der Waals surface area contributed by atoms with E-state index in [1.807, 2.05) is 0 Å². The minimum atomic E-state index is -0.348. The molecule has 0 saturated heterocycles. The van der Waals surface area contributed by atoms with Crippen LogP contribution >= 0.6 is 11.6 Å². The first-order valence-electron chi connectivity index (χ1n) is 7.54. The van der Waals surface area contributed by atoms with Gasteiger partial charge in [-0.25, -0.2) is 0 Å². The topological polar surface area (TPSA) is 78.5 Å². The summed E-state index contributed by atoms with van der Waals surface area (Å²) in [5, 5.41) is 5.72. The molecule has 2 aromatic carbocycles. The number of amides is 3. The second-order valence-electron chi connectivity index (χ2n) is 5.45. The van der Waals surface area contributed by atoms with Gasteiger partial charge in [0.1, 0.15) is 0 Å². The SMILES string of the molecule is CC(=O)Nc1ccc(C(=O)N(C)CC(=O)Nc2ccccc2Cl)cc1. The molecule has 0 aliphatic carbocycles. The Kier molecular flexibility index (Phi) is 6.14. The first-order chi connectivity index (χ1) is 11.9. The summed E-state index contributed by atoms with van der Waals surface area (Å²) < 4.78 is 0. The minimum absolute atomic E-state index is 0.114. The third-order valence-corrected chi connectivity index (χ3v) is 3.66. The number of hydrogen-bond donors (Lipinski definition) is 2. The first kappa shape index (κ1) is 18.5. The van der Waals surface area contributed by atoms with Gasteiger partial charge < -0.3 is 15.5 Å². The number of carbonyl (C=O) groups excluding carboxylic acids is 3. The van der Waals surface area contributed by atoms with Crippen molar-refractivity contribution in [1.82, 2.24) is 4.90 Å². The van der Waals surface area contributed by atoms with Crippen LogP contribution in [-0.2, 0) is 9.59 Å². The number of hydrogen-bond acceptors (Lipinski definition) is 3. The Morgan fingerprint density at radius 3 is 2.24 bits per heavy atom. The van der Waals surface area contributed by atoms with E-state index >= 15 is 0 Å². The van der Waals surface area contributed by atoms with Crippen molar-refractivity contribution in [3.63, 3.8) is 0 Å². The Morgan fingerprint density at radius 1 is 1.00 bits per heavy atom. The molecule has 7 heteroatoms. The lowest BCUT2D eigenvalue weighted by molar-refractivity contribution is -0.116. The number of carbonyl (C=O) groups is 3. The zero-order chi connectivity index (χ0) is 18.4. The third kappa shape index (κ3) is 5.32. The summed E-state index contributed by atoms with van der Waals surface area (Å²) >= 11 is 5.99. The molecule has 0 aliphatic rings. The van der Waals surface area contributed by atoms with Gasteiger partial charge in [-0.2, -0.15) is 0 Å². The Labute approximate surface area is 150 Å². The molecule has 0 aromatic heterocycles. The van der Waals surface area contributed by atoms with Crippen molar-refractivity contribution in [3.05, 3.63) is 59.1 Å². The monoisotopic (exact) mass is 359 g/mol. The number of likely N-dealkylation sites (N-methyl/N-ethyl adjacent to an activating group) is 1. The lowest BCUT2D eigenvalue weighted by atomic mass is 10.2. The number of para-hydroxylation sites is 1. The van der Waals surface area contributed by atoms with Gasteiger partial charge in [-0.1, -0.05) is 23.7 Å². The average Bonchev–Trinajstić information content (AvgIpc) is 2.56. The van der Waals surface area contributed by atoms with E-state index in [1.54, 1.807) is 48.5 Å². The van der Waals surface area contributed by atoms with Crippen LogP contribution in [0.4, 0.5) is 11.4 Å². The van der Waals surface area contributed by atoms with E-state index < -0.39 is 0 Å². The maximum atomic E-state index is 12.4. The molecule has 2 rings (SSSR count). The second kappa shape index (κ2) is 8.30. The van der Waals surface area contributed by atoms with E-state index in [2.05, 4.69) is 10.6 Å². The molecule has 0 radical (unpaired) electrons. The van der Waals surface area contributed by atoms with Gasteiger partial charge in [-0.15, -0.1) is 0 Å². The van der Waals surface area contributed by atoms with Crippen LogP contribution in [0.5, 0.6) is 0 Å². The van der Waals surface area contributed by atoms with Gasteiger partial charge in [0.15, 0.2) is 0 Å². The number of nitrogens with zero attached hydrogens (tertiary/aromatic N) is 1. The van der Waals surface area contributed by atoms with Crippen LogP contribution in [0.3, 0.4) is 0 Å². The van der Waals surface area contributed by atoms with Crippen LogP contribution in [0.1, 0.15) is 17.3 Å². The van der Waals surface area contributed by atoms with Crippen LogP contribution in [-0.4, -0.2) is 36.2 Å². The molecule has 3 amide bonds. The molecule has 2 N–H and O–H groups in total. The minimum Gasteiger partial charge on any atom is -0.332 e. The predicted molar refractivity (Wildman–Crippen MR) is 97.8 cm³/mol. The Bertz CT molecular complexity index is 790. The highest BCUT2D eigenvalue weighted by atomic mass is 35.5. The van der Waals surface area contributed by atoms with E-state index in [1.165, 1.54) is 18.9 Å². The fourth-order valence-corrected chi connectivity index (χ4v) is 2.34. The molecule has 0 bridgehead atoms. The average molecular weight is 360 g/mol.